The number of esters is 1. The van der Waals surface area contributed by atoms with Crippen LogP contribution in [0.2, 0.25) is 0 Å². The van der Waals surface area contributed by atoms with Crippen molar-refractivity contribution in [3.05, 3.63) is 47.7 Å². The number of carbonyl (C=O) groups excluding carboxylic acids is 1. The molecular formula is C13H15NO3. The van der Waals surface area contributed by atoms with Crippen molar-refractivity contribution in [2.24, 2.45) is 0 Å². The van der Waals surface area contributed by atoms with Gasteiger partial charge in [0.25, 0.3) is 0 Å². The molecule has 90 valence electrons. The molecule has 2 aromatic heterocycles. The van der Waals surface area contributed by atoms with E-state index in [1.165, 1.54) is 7.11 Å². The minimum atomic E-state index is -0.191. The molecule has 2 aromatic rings. The first-order valence-electron chi connectivity index (χ1n) is 5.54. The lowest BCUT2D eigenvalue weighted by Crippen LogP contribution is -2.03. The molecule has 0 radical (unpaired) electrons. The molecule has 2 rings (SSSR count). The van der Waals surface area contributed by atoms with E-state index in [9.17, 15) is 4.79 Å². The molecule has 0 unspecified atom stereocenters. The van der Waals surface area contributed by atoms with Crippen LogP contribution in [-0.2, 0) is 22.4 Å². The van der Waals surface area contributed by atoms with E-state index in [1.807, 2.05) is 24.4 Å². The summed E-state index contributed by atoms with van der Waals surface area (Å²) in [6.45, 7) is 0. The van der Waals surface area contributed by atoms with E-state index in [-0.39, 0.29) is 5.97 Å². The van der Waals surface area contributed by atoms with Crippen molar-refractivity contribution in [2.45, 2.75) is 19.3 Å². The van der Waals surface area contributed by atoms with E-state index in [2.05, 4.69) is 9.72 Å². The van der Waals surface area contributed by atoms with Crippen molar-refractivity contribution in [2.75, 3.05) is 7.11 Å². The van der Waals surface area contributed by atoms with Crippen LogP contribution in [0.15, 0.2) is 35.1 Å². The van der Waals surface area contributed by atoms with E-state index in [0.717, 1.165) is 23.4 Å². The number of aromatic nitrogens is 1. The zero-order valence-electron chi connectivity index (χ0n) is 9.73. The van der Waals surface area contributed by atoms with E-state index >= 15 is 0 Å². The van der Waals surface area contributed by atoms with Crippen LogP contribution in [-0.4, -0.2) is 18.1 Å². The van der Waals surface area contributed by atoms with E-state index in [0.29, 0.717) is 12.8 Å². The van der Waals surface area contributed by atoms with Crippen LogP contribution >= 0.6 is 0 Å². The Labute approximate surface area is 99.6 Å². The van der Waals surface area contributed by atoms with Gasteiger partial charge in [0.15, 0.2) is 0 Å². The maximum Gasteiger partial charge on any atom is 0.305 e. The number of hydrogen-bond donors (Lipinski definition) is 1. The Hall–Kier alpha value is -1.97. The predicted molar refractivity (Wildman–Crippen MR) is 62.6 cm³/mol. The summed E-state index contributed by atoms with van der Waals surface area (Å²) in [6.07, 6.45) is 5.34. The van der Waals surface area contributed by atoms with Gasteiger partial charge < -0.3 is 14.1 Å². The summed E-state index contributed by atoms with van der Waals surface area (Å²) in [6, 6.07) is 5.82. The maximum atomic E-state index is 11.1. The Morgan fingerprint density at radius 2 is 2.35 bits per heavy atom. The van der Waals surface area contributed by atoms with Crippen LogP contribution in [0, 0.1) is 0 Å². The number of nitrogens with one attached hydrogen (secondary N) is 1. The zero-order chi connectivity index (χ0) is 12.1. The Morgan fingerprint density at radius 3 is 3.06 bits per heavy atom. The zero-order valence-corrected chi connectivity index (χ0v) is 9.73. The number of hydrogen-bond acceptors (Lipinski definition) is 3. The molecule has 0 atom stereocenters. The van der Waals surface area contributed by atoms with Crippen LogP contribution in [0.4, 0.5) is 0 Å². The molecule has 4 nitrogen and oxygen atoms in total. The first-order chi connectivity index (χ1) is 8.29. The van der Waals surface area contributed by atoms with Crippen molar-refractivity contribution >= 4 is 5.97 Å². The second kappa shape index (κ2) is 5.39. The molecule has 0 aliphatic rings. The minimum Gasteiger partial charge on any atom is -0.469 e. The number of rotatable bonds is 5. The summed E-state index contributed by atoms with van der Waals surface area (Å²) in [5.74, 6) is 0.729. The molecule has 2 heterocycles. The third kappa shape index (κ3) is 3.00. The van der Waals surface area contributed by atoms with Gasteiger partial charge in [0.2, 0.25) is 0 Å². The molecule has 17 heavy (non-hydrogen) atoms. The lowest BCUT2D eigenvalue weighted by Gasteiger charge is -2.02. The van der Waals surface area contributed by atoms with Crippen LogP contribution in [0.3, 0.4) is 0 Å². The highest BCUT2D eigenvalue weighted by atomic mass is 16.5. The lowest BCUT2D eigenvalue weighted by atomic mass is 10.1. The first-order valence-corrected chi connectivity index (χ1v) is 5.54. The molecule has 0 aromatic carbocycles. The van der Waals surface area contributed by atoms with Crippen LogP contribution in [0.1, 0.15) is 23.4 Å². The Kier molecular flexibility index (Phi) is 3.65. The van der Waals surface area contributed by atoms with Gasteiger partial charge in [-0.25, -0.2) is 0 Å². The fourth-order valence-electron chi connectivity index (χ4n) is 1.76. The molecule has 0 bridgehead atoms. The quantitative estimate of drug-likeness (QED) is 0.806. The second-order valence-corrected chi connectivity index (χ2v) is 3.81. The molecule has 4 heteroatoms. The number of ether oxygens (including phenoxy) is 1. The third-order valence-corrected chi connectivity index (χ3v) is 2.68. The smallest absolute Gasteiger partial charge is 0.305 e. The van der Waals surface area contributed by atoms with Gasteiger partial charge in [0, 0.05) is 18.3 Å². The number of aryl methyl sites for hydroxylation is 1. The van der Waals surface area contributed by atoms with Gasteiger partial charge in [-0.05, 0) is 30.2 Å². The van der Waals surface area contributed by atoms with E-state index in [1.54, 1.807) is 6.26 Å². The summed E-state index contributed by atoms with van der Waals surface area (Å²) in [5.41, 5.74) is 2.22. The third-order valence-electron chi connectivity index (χ3n) is 2.68. The summed E-state index contributed by atoms with van der Waals surface area (Å²) < 4.78 is 9.93. The predicted octanol–water partition coefficient (Wildman–Crippen LogP) is 2.30. The fourth-order valence-corrected chi connectivity index (χ4v) is 1.76. The van der Waals surface area contributed by atoms with Crippen LogP contribution in [0.5, 0.6) is 0 Å². The Bertz CT molecular complexity index is 471. The molecule has 0 aliphatic carbocycles. The van der Waals surface area contributed by atoms with Gasteiger partial charge in [-0.3, -0.25) is 4.79 Å². The topological polar surface area (TPSA) is 55.2 Å². The van der Waals surface area contributed by atoms with Crippen molar-refractivity contribution < 1.29 is 13.9 Å². The molecule has 1 N–H and O–H groups in total. The molecule has 0 saturated carbocycles. The average molecular weight is 233 g/mol. The fraction of sp³-hybridized carbons (Fsp3) is 0.308. The largest absolute Gasteiger partial charge is 0.469 e. The molecule has 0 aliphatic heterocycles. The van der Waals surface area contributed by atoms with Crippen LogP contribution in [0.25, 0.3) is 0 Å². The number of H-pyrrole nitrogens is 1. The summed E-state index contributed by atoms with van der Waals surface area (Å²) in [5, 5.41) is 0. The average Bonchev–Trinajstić information content (AvgIpc) is 2.98. The highest BCUT2D eigenvalue weighted by Crippen LogP contribution is 2.15. The van der Waals surface area contributed by atoms with Crippen molar-refractivity contribution in [3.63, 3.8) is 0 Å². The second-order valence-electron chi connectivity index (χ2n) is 3.81. The summed E-state index contributed by atoms with van der Waals surface area (Å²) in [4.78, 5) is 14.2. The lowest BCUT2D eigenvalue weighted by molar-refractivity contribution is -0.140. The van der Waals surface area contributed by atoms with Crippen molar-refractivity contribution in [3.8, 4) is 0 Å². The Balaban J connectivity index is 1.99. The first kappa shape index (κ1) is 11.5. The highest BCUT2D eigenvalue weighted by Gasteiger charge is 2.08. The number of furan rings is 1. The van der Waals surface area contributed by atoms with Crippen LogP contribution < -0.4 is 0 Å². The SMILES string of the molecule is COC(=O)CCc1[nH]ccc1Cc1ccco1. The summed E-state index contributed by atoms with van der Waals surface area (Å²) in [7, 11) is 1.40. The molecule has 0 saturated heterocycles. The van der Waals surface area contributed by atoms with Gasteiger partial charge in [-0.1, -0.05) is 0 Å². The Morgan fingerprint density at radius 1 is 1.47 bits per heavy atom. The van der Waals surface area contributed by atoms with E-state index in [4.69, 9.17) is 4.42 Å². The number of aromatic amines is 1. The molecule has 0 fully saturated rings. The van der Waals surface area contributed by atoms with Gasteiger partial charge >= 0.3 is 5.97 Å². The number of methoxy groups -OCH3 is 1. The standard InChI is InChI=1S/C13H15NO3/c1-16-13(15)5-4-12-10(6-7-14-12)9-11-3-2-8-17-11/h2-3,6-8,14H,4-5,9H2,1H3. The van der Waals surface area contributed by atoms with Gasteiger partial charge in [-0.2, -0.15) is 0 Å². The normalized spacial score (nSPS) is 10.4. The number of carbonyl (C=O) groups is 1. The van der Waals surface area contributed by atoms with Crippen molar-refractivity contribution in [1.82, 2.24) is 4.98 Å². The summed E-state index contributed by atoms with van der Waals surface area (Å²) >= 11 is 0. The van der Waals surface area contributed by atoms with Crippen molar-refractivity contribution in [1.29, 1.82) is 0 Å². The highest BCUT2D eigenvalue weighted by molar-refractivity contribution is 5.69. The molecule has 0 spiro atoms. The maximum absolute atomic E-state index is 11.1. The molecule has 0 amide bonds. The van der Waals surface area contributed by atoms with E-state index < -0.39 is 0 Å². The monoisotopic (exact) mass is 233 g/mol. The van der Waals surface area contributed by atoms with Gasteiger partial charge in [0.1, 0.15) is 5.76 Å². The van der Waals surface area contributed by atoms with Gasteiger partial charge in [0.05, 0.1) is 19.8 Å². The molecular weight excluding hydrogens is 218 g/mol. The minimum absolute atomic E-state index is 0.191. The van der Waals surface area contributed by atoms with Gasteiger partial charge in [-0.15, -0.1) is 0 Å².